The number of nitrogens with zero attached hydrogens (tertiary/aromatic N) is 2. The lowest BCUT2D eigenvalue weighted by Crippen LogP contribution is -2.48. The average Bonchev–Trinajstić information content (AvgIpc) is 2.98. The molecule has 7 nitrogen and oxygen atoms in total. The summed E-state index contributed by atoms with van der Waals surface area (Å²) in [5.41, 5.74) is 3.67. The number of para-hydroxylation sites is 1. The number of rotatable bonds is 6. The number of amides is 3. The quantitative estimate of drug-likeness (QED) is 0.415. The third-order valence-electron chi connectivity index (χ3n) is 7.42. The number of benzene rings is 3. The van der Waals surface area contributed by atoms with Crippen molar-refractivity contribution in [3.05, 3.63) is 96.6 Å². The largest absolute Gasteiger partial charge is 0.497 e. The first-order chi connectivity index (χ1) is 19.1. The Kier molecular flexibility index (Phi) is 8.58. The van der Waals surface area contributed by atoms with Crippen LogP contribution in [0.2, 0.25) is 0 Å². The molecule has 202 valence electrons. The molecule has 1 N–H and O–H groups in total. The number of methoxy groups -OCH3 is 1. The Morgan fingerprint density at radius 2 is 1.69 bits per heavy atom. The van der Waals surface area contributed by atoms with E-state index in [1.807, 2.05) is 95.9 Å². The molecule has 1 atom stereocenters. The summed E-state index contributed by atoms with van der Waals surface area (Å²) >= 11 is 0. The Morgan fingerprint density at radius 1 is 0.974 bits per heavy atom. The maximum absolute atomic E-state index is 13.8. The molecule has 1 saturated heterocycles. The van der Waals surface area contributed by atoms with E-state index in [9.17, 15) is 9.59 Å². The molecule has 2 heterocycles. The van der Waals surface area contributed by atoms with E-state index in [2.05, 4.69) is 5.32 Å². The molecule has 0 saturated carbocycles. The van der Waals surface area contributed by atoms with Gasteiger partial charge in [0.1, 0.15) is 12.3 Å². The molecule has 0 aromatic heterocycles. The highest BCUT2D eigenvalue weighted by Crippen LogP contribution is 2.30. The van der Waals surface area contributed by atoms with Gasteiger partial charge in [-0.25, -0.2) is 4.79 Å². The minimum Gasteiger partial charge on any atom is -0.497 e. The zero-order valence-electron chi connectivity index (χ0n) is 22.3. The van der Waals surface area contributed by atoms with Crippen molar-refractivity contribution in [2.45, 2.75) is 18.9 Å². The first-order valence-corrected chi connectivity index (χ1v) is 13.5. The molecule has 3 aromatic carbocycles. The summed E-state index contributed by atoms with van der Waals surface area (Å²) in [5.74, 6) is 1.06. The summed E-state index contributed by atoms with van der Waals surface area (Å²) in [5, 5.41) is 3.05. The molecule has 1 fully saturated rings. The summed E-state index contributed by atoms with van der Waals surface area (Å²) in [6.07, 6.45) is 5.87. The van der Waals surface area contributed by atoms with Crippen molar-refractivity contribution in [2.75, 3.05) is 45.3 Å². The van der Waals surface area contributed by atoms with Gasteiger partial charge in [0.2, 0.25) is 5.91 Å². The summed E-state index contributed by atoms with van der Waals surface area (Å²) < 4.78 is 10.9. The van der Waals surface area contributed by atoms with Gasteiger partial charge in [-0.15, -0.1) is 0 Å². The van der Waals surface area contributed by atoms with Gasteiger partial charge in [0.05, 0.1) is 18.8 Å². The predicted octanol–water partition coefficient (Wildman–Crippen LogP) is 5.76. The van der Waals surface area contributed by atoms with Crippen LogP contribution in [0.15, 0.2) is 91.0 Å². The summed E-state index contributed by atoms with van der Waals surface area (Å²) in [6.45, 7) is 2.38. The number of ether oxygens (including phenoxy) is 2. The van der Waals surface area contributed by atoms with Crippen molar-refractivity contribution in [3.63, 3.8) is 0 Å². The maximum atomic E-state index is 13.8. The number of carbonyl (C=O) groups is 2. The number of hydrogen-bond acceptors (Lipinski definition) is 4. The van der Waals surface area contributed by atoms with Crippen LogP contribution in [0.5, 0.6) is 5.75 Å². The van der Waals surface area contributed by atoms with Gasteiger partial charge in [-0.05, 0) is 48.1 Å². The minimum absolute atomic E-state index is 0.000445. The highest BCUT2D eigenvalue weighted by atomic mass is 16.5. The van der Waals surface area contributed by atoms with Crippen LogP contribution in [0.25, 0.3) is 11.1 Å². The normalized spacial score (nSPS) is 19.2. The van der Waals surface area contributed by atoms with Crippen molar-refractivity contribution in [2.24, 2.45) is 5.92 Å². The van der Waals surface area contributed by atoms with Crippen molar-refractivity contribution in [1.82, 2.24) is 9.80 Å². The smallest absolute Gasteiger partial charge is 0.322 e. The zero-order chi connectivity index (χ0) is 27.0. The molecule has 3 aromatic rings. The lowest BCUT2D eigenvalue weighted by Gasteiger charge is -2.37. The Balaban J connectivity index is 1.38. The van der Waals surface area contributed by atoms with Gasteiger partial charge in [0.25, 0.3) is 0 Å². The van der Waals surface area contributed by atoms with E-state index in [1.54, 1.807) is 12.0 Å². The van der Waals surface area contributed by atoms with E-state index < -0.39 is 0 Å². The van der Waals surface area contributed by atoms with Crippen LogP contribution in [0, 0.1) is 5.92 Å². The molecule has 5 rings (SSSR count). The van der Waals surface area contributed by atoms with Crippen molar-refractivity contribution in [1.29, 1.82) is 0 Å². The third-order valence-corrected chi connectivity index (χ3v) is 7.42. The molecule has 39 heavy (non-hydrogen) atoms. The lowest BCUT2D eigenvalue weighted by molar-refractivity contribution is -0.134. The van der Waals surface area contributed by atoms with Crippen LogP contribution >= 0.6 is 0 Å². The van der Waals surface area contributed by atoms with Gasteiger partial charge >= 0.3 is 6.03 Å². The van der Waals surface area contributed by atoms with Gasteiger partial charge in [-0.3, -0.25) is 4.79 Å². The average molecular weight is 526 g/mol. The predicted molar refractivity (Wildman–Crippen MR) is 153 cm³/mol. The molecule has 0 bridgehead atoms. The monoisotopic (exact) mass is 525 g/mol. The third kappa shape index (κ3) is 6.49. The second-order valence-corrected chi connectivity index (χ2v) is 9.97. The molecular formula is C32H35N3O4. The van der Waals surface area contributed by atoms with Gasteiger partial charge in [-0.1, -0.05) is 72.8 Å². The van der Waals surface area contributed by atoms with E-state index in [4.69, 9.17) is 9.47 Å². The van der Waals surface area contributed by atoms with Gasteiger partial charge in [0, 0.05) is 31.9 Å². The summed E-state index contributed by atoms with van der Waals surface area (Å²) in [7, 11) is 1.64. The summed E-state index contributed by atoms with van der Waals surface area (Å²) in [6, 6.07) is 25.0. The number of carbonyl (C=O) groups excluding carboxylic acids is 2. The number of hydrogen-bond donors (Lipinski definition) is 1. The number of anilines is 1. The minimum atomic E-state index is -0.301. The Morgan fingerprint density at radius 3 is 2.44 bits per heavy atom. The second kappa shape index (κ2) is 12.6. The van der Waals surface area contributed by atoms with Crippen molar-refractivity contribution >= 4 is 17.6 Å². The number of nitrogens with one attached hydrogen (secondary N) is 1. The van der Waals surface area contributed by atoms with E-state index in [1.165, 1.54) is 0 Å². The topological polar surface area (TPSA) is 71.1 Å². The first-order valence-electron chi connectivity index (χ1n) is 13.5. The zero-order valence-corrected chi connectivity index (χ0v) is 22.3. The highest BCUT2D eigenvalue weighted by Gasteiger charge is 2.31. The van der Waals surface area contributed by atoms with Gasteiger partial charge in [0.15, 0.2) is 0 Å². The molecule has 0 aliphatic carbocycles. The van der Waals surface area contributed by atoms with Crippen LogP contribution in [0.1, 0.15) is 24.4 Å². The first kappa shape index (κ1) is 26.5. The van der Waals surface area contributed by atoms with Crippen LogP contribution in [0.4, 0.5) is 10.5 Å². The lowest BCUT2D eigenvalue weighted by atomic mass is 9.96. The van der Waals surface area contributed by atoms with E-state index in [0.29, 0.717) is 37.9 Å². The molecule has 0 radical (unpaired) electrons. The SMILES string of the molecule is COc1ccc(C2/C=C\CN(C(=O)Nc3ccccc3-c3ccccc3)CC(=O)N2CC2CCOCC2)cc1. The number of urea groups is 1. The standard InChI is InChI=1S/C32H35N3O4/c1-38-27-15-13-26(14-16-27)30-12-7-19-34(23-31(36)35(30)22-24-17-20-39-21-18-24)32(37)33-29-11-6-5-10-28(29)25-8-3-2-4-9-25/h2-16,24,30H,17-23H2,1H3,(H,33,37)/b12-7-. The van der Waals surface area contributed by atoms with E-state index >= 15 is 0 Å². The molecule has 2 aliphatic rings. The Bertz CT molecular complexity index is 1290. The molecule has 1 unspecified atom stereocenters. The summed E-state index contributed by atoms with van der Waals surface area (Å²) in [4.78, 5) is 30.8. The van der Waals surface area contributed by atoms with Crippen LogP contribution in [-0.2, 0) is 9.53 Å². The van der Waals surface area contributed by atoms with Crippen molar-refractivity contribution < 1.29 is 19.1 Å². The van der Waals surface area contributed by atoms with E-state index in [-0.39, 0.29) is 24.5 Å². The highest BCUT2D eigenvalue weighted by molar-refractivity contribution is 5.96. The van der Waals surface area contributed by atoms with Gasteiger partial charge in [-0.2, -0.15) is 0 Å². The van der Waals surface area contributed by atoms with Crippen LogP contribution in [0.3, 0.4) is 0 Å². The molecule has 2 aliphatic heterocycles. The van der Waals surface area contributed by atoms with Gasteiger partial charge < -0.3 is 24.6 Å². The Labute approximate surface area is 230 Å². The second-order valence-electron chi connectivity index (χ2n) is 9.97. The maximum Gasteiger partial charge on any atom is 0.322 e. The van der Waals surface area contributed by atoms with Crippen LogP contribution < -0.4 is 10.1 Å². The molecule has 3 amide bonds. The van der Waals surface area contributed by atoms with Crippen LogP contribution in [-0.4, -0.2) is 61.7 Å². The van der Waals surface area contributed by atoms with Crippen molar-refractivity contribution in [3.8, 4) is 16.9 Å². The molecular weight excluding hydrogens is 490 g/mol. The molecule has 7 heteroatoms. The molecule has 0 spiro atoms. The van der Waals surface area contributed by atoms with E-state index in [0.717, 1.165) is 35.3 Å². The fourth-order valence-electron chi connectivity index (χ4n) is 5.22. The fourth-order valence-corrected chi connectivity index (χ4v) is 5.22. The Hall–Kier alpha value is -4.10. The fraction of sp³-hybridized carbons (Fsp3) is 0.312.